The summed E-state index contributed by atoms with van der Waals surface area (Å²) in [6, 6.07) is 11.0. The predicted molar refractivity (Wildman–Crippen MR) is 159 cm³/mol. The van der Waals surface area contributed by atoms with Gasteiger partial charge in [-0.1, -0.05) is 29.8 Å². The summed E-state index contributed by atoms with van der Waals surface area (Å²) in [7, 11) is 0. The molecule has 0 spiro atoms. The van der Waals surface area contributed by atoms with Crippen LogP contribution < -0.4 is 16.0 Å². The van der Waals surface area contributed by atoms with Crippen LogP contribution in [-0.2, 0) is 11.3 Å². The van der Waals surface area contributed by atoms with Crippen molar-refractivity contribution < 1.29 is 9.53 Å². The molecule has 7 rings (SSSR count). The van der Waals surface area contributed by atoms with Gasteiger partial charge in [0.05, 0.1) is 12.8 Å². The van der Waals surface area contributed by atoms with Gasteiger partial charge in [-0.15, -0.1) is 0 Å². The maximum atomic E-state index is 12.1. The third kappa shape index (κ3) is 6.09. The second-order valence-electron chi connectivity index (χ2n) is 12.5. The van der Waals surface area contributed by atoms with E-state index in [9.17, 15) is 10.1 Å². The molecule has 10 heteroatoms. The highest BCUT2D eigenvalue weighted by Gasteiger charge is 2.55. The Labute approximate surface area is 247 Å². The van der Waals surface area contributed by atoms with Crippen LogP contribution >= 0.6 is 11.6 Å². The van der Waals surface area contributed by atoms with Gasteiger partial charge in [-0.25, -0.2) is 9.78 Å². The minimum atomic E-state index is -0.179. The molecule has 4 aliphatic carbocycles. The molecule has 5 aliphatic rings. The van der Waals surface area contributed by atoms with E-state index in [0.717, 1.165) is 44.0 Å². The van der Waals surface area contributed by atoms with Crippen LogP contribution in [-0.4, -0.2) is 59.3 Å². The van der Waals surface area contributed by atoms with Gasteiger partial charge in [-0.05, 0) is 86.7 Å². The SMILES string of the molecule is CCOC(=O)N1CCC(N[C@@H]2[C@@H]3CC4C[C@H]2C[C@@](CNc2nc(NCc5ccccc5Cl)ncc2C#N)(C4)C3)CC1. The highest BCUT2D eigenvalue weighted by atomic mass is 35.5. The molecule has 5 atom stereocenters. The maximum Gasteiger partial charge on any atom is 0.409 e. The first kappa shape index (κ1) is 28.0. The lowest BCUT2D eigenvalue weighted by atomic mass is 9.48. The number of carbonyl (C=O) groups excluding carboxylic acids is 1. The Morgan fingerprint density at radius 2 is 1.93 bits per heavy atom. The standard InChI is InChI=1S/C31H40ClN7O2/c1-2-41-30(40)39-9-7-25(8-10-39)37-27-22-11-20-12-23(27)15-31(13-20,14-22)19-36-28-24(16-33)18-35-29(38-28)34-17-21-5-3-4-6-26(21)32/h3-6,18,20,22-23,25,27,37H,2,7-15,17,19H2,1H3,(H2,34,35,36,38)/t20?,22-,23+,27-,31-. The Hall–Kier alpha value is -3.09. The van der Waals surface area contributed by atoms with E-state index in [0.29, 0.717) is 59.4 Å². The maximum absolute atomic E-state index is 12.1. The quantitative estimate of drug-likeness (QED) is 0.361. The van der Waals surface area contributed by atoms with E-state index >= 15 is 0 Å². The summed E-state index contributed by atoms with van der Waals surface area (Å²) < 4.78 is 5.19. The minimum Gasteiger partial charge on any atom is -0.450 e. The summed E-state index contributed by atoms with van der Waals surface area (Å²) in [6.07, 6.45) is 9.68. The lowest BCUT2D eigenvalue weighted by Gasteiger charge is -2.61. The molecule has 2 aromatic rings. The first-order valence-corrected chi connectivity index (χ1v) is 15.5. The fraction of sp³-hybridized carbons (Fsp3) is 0.613. The second-order valence-corrected chi connectivity index (χ2v) is 12.9. The van der Waals surface area contributed by atoms with Crippen LogP contribution in [0.25, 0.3) is 0 Å². The van der Waals surface area contributed by atoms with Gasteiger partial charge in [0.1, 0.15) is 17.5 Å². The molecular weight excluding hydrogens is 538 g/mol. The number of benzene rings is 1. The number of rotatable bonds is 9. The Bertz CT molecular complexity index is 1280. The number of hydrogen-bond donors (Lipinski definition) is 3. The summed E-state index contributed by atoms with van der Waals surface area (Å²) in [5.41, 5.74) is 1.68. The molecule has 1 aliphatic heterocycles. The number of piperidine rings is 1. The van der Waals surface area contributed by atoms with Crippen molar-refractivity contribution in [3.05, 3.63) is 46.6 Å². The summed E-state index contributed by atoms with van der Waals surface area (Å²) >= 11 is 6.30. The predicted octanol–water partition coefficient (Wildman–Crippen LogP) is 5.43. The van der Waals surface area contributed by atoms with Gasteiger partial charge in [-0.3, -0.25) is 0 Å². The van der Waals surface area contributed by atoms with Crippen LogP contribution in [0, 0.1) is 34.5 Å². The molecule has 4 saturated carbocycles. The highest BCUT2D eigenvalue weighted by molar-refractivity contribution is 6.31. The highest BCUT2D eigenvalue weighted by Crippen LogP contribution is 2.60. The molecule has 1 amide bonds. The topological polar surface area (TPSA) is 115 Å². The van der Waals surface area contributed by atoms with Crippen molar-refractivity contribution in [3.8, 4) is 6.07 Å². The molecule has 1 aromatic heterocycles. The zero-order chi connectivity index (χ0) is 28.4. The summed E-state index contributed by atoms with van der Waals surface area (Å²) in [4.78, 5) is 23.0. The molecule has 4 bridgehead atoms. The molecule has 41 heavy (non-hydrogen) atoms. The number of likely N-dealkylation sites (tertiary alicyclic amines) is 1. The Kier molecular flexibility index (Phi) is 8.23. The number of ether oxygens (including phenoxy) is 1. The zero-order valence-corrected chi connectivity index (χ0v) is 24.5. The second kappa shape index (κ2) is 12.0. The molecule has 1 aromatic carbocycles. The Balaban J connectivity index is 1.06. The molecule has 218 valence electrons. The number of nitrogens with zero attached hydrogens (tertiary/aromatic N) is 4. The van der Waals surface area contributed by atoms with Crippen LogP contribution in [0.1, 0.15) is 63.0 Å². The molecule has 1 saturated heterocycles. The van der Waals surface area contributed by atoms with Crippen molar-refractivity contribution in [2.45, 2.75) is 70.5 Å². The average molecular weight is 578 g/mol. The number of hydrogen-bond acceptors (Lipinski definition) is 8. The van der Waals surface area contributed by atoms with Gasteiger partial charge in [0.15, 0.2) is 0 Å². The van der Waals surface area contributed by atoms with Crippen LogP contribution in [0.5, 0.6) is 0 Å². The number of nitriles is 1. The van der Waals surface area contributed by atoms with Crippen molar-refractivity contribution in [2.24, 2.45) is 23.2 Å². The monoisotopic (exact) mass is 577 g/mol. The summed E-state index contributed by atoms with van der Waals surface area (Å²) in [6.45, 7) is 5.16. The normalized spacial score (nSPS) is 28.8. The van der Waals surface area contributed by atoms with Crippen LogP contribution in [0.2, 0.25) is 5.02 Å². The van der Waals surface area contributed by atoms with E-state index in [1.165, 1.54) is 32.1 Å². The van der Waals surface area contributed by atoms with Gasteiger partial charge < -0.3 is 25.6 Å². The number of anilines is 2. The van der Waals surface area contributed by atoms with Crippen molar-refractivity contribution in [1.82, 2.24) is 20.2 Å². The van der Waals surface area contributed by atoms with Gasteiger partial charge in [0, 0.05) is 43.3 Å². The Morgan fingerprint density at radius 3 is 2.63 bits per heavy atom. The van der Waals surface area contributed by atoms with Crippen molar-refractivity contribution in [1.29, 1.82) is 5.26 Å². The minimum absolute atomic E-state index is 0.179. The van der Waals surface area contributed by atoms with Gasteiger partial charge >= 0.3 is 6.09 Å². The summed E-state index contributed by atoms with van der Waals surface area (Å²) in [5.74, 6) is 3.23. The molecule has 5 fully saturated rings. The zero-order valence-electron chi connectivity index (χ0n) is 23.7. The lowest BCUT2D eigenvalue weighted by molar-refractivity contribution is -0.0733. The van der Waals surface area contributed by atoms with Crippen molar-refractivity contribution >= 4 is 29.5 Å². The third-order valence-corrected chi connectivity index (χ3v) is 10.2. The van der Waals surface area contributed by atoms with Gasteiger partial charge in [-0.2, -0.15) is 10.2 Å². The molecule has 0 radical (unpaired) electrons. The van der Waals surface area contributed by atoms with Crippen molar-refractivity contribution in [2.75, 3.05) is 36.9 Å². The molecule has 9 nitrogen and oxygen atoms in total. The van der Waals surface area contributed by atoms with Crippen LogP contribution in [0.4, 0.5) is 16.6 Å². The number of carbonyl (C=O) groups is 1. The smallest absolute Gasteiger partial charge is 0.409 e. The van der Waals surface area contributed by atoms with Gasteiger partial charge in [0.25, 0.3) is 0 Å². The van der Waals surface area contributed by atoms with E-state index in [4.69, 9.17) is 16.3 Å². The number of aromatic nitrogens is 2. The molecule has 1 unspecified atom stereocenters. The summed E-state index contributed by atoms with van der Waals surface area (Å²) in [5, 5.41) is 21.3. The van der Waals surface area contributed by atoms with Crippen molar-refractivity contribution in [3.63, 3.8) is 0 Å². The molecule has 2 heterocycles. The molecular formula is C31H40ClN7O2. The number of amides is 1. The molecule has 3 N–H and O–H groups in total. The number of halogens is 1. The third-order valence-electron chi connectivity index (χ3n) is 9.78. The first-order chi connectivity index (χ1) is 19.9. The van der Waals surface area contributed by atoms with Crippen LogP contribution in [0.3, 0.4) is 0 Å². The number of nitrogens with one attached hydrogen (secondary N) is 3. The van der Waals surface area contributed by atoms with E-state index in [1.54, 1.807) is 6.20 Å². The Morgan fingerprint density at radius 1 is 1.17 bits per heavy atom. The van der Waals surface area contributed by atoms with E-state index in [2.05, 4.69) is 32.0 Å². The van der Waals surface area contributed by atoms with Gasteiger partial charge in [0.2, 0.25) is 5.95 Å². The fourth-order valence-electron chi connectivity index (χ4n) is 8.17. The van der Waals surface area contributed by atoms with Crippen LogP contribution in [0.15, 0.2) is 30.5 Å². The van der Waals surface area contributed by atoms with E-state index < -0.39 is 0 Å². The average Bonchev–Trinajstić information content (AvgIpc) is 2.98. The van der Waals surface area contributed by atoms with E-state index in [1.807, 2.05) is 36.1 Å². The van der Waals surface area contributed by atoms with E-state index in [-0.39, 0.29) is 11.5 Å². The lowest BCUT2D eigenvalue weighted by Crippen LogP contribution is -2.62. The fourth-order valence-corrected chi connectivity index (χ4v) is 8.37. The largest absolute Gasteiger partial charge is 0.450 e. The first-order valence-electron chi connectivity index (χ1n) is 15.1.